The molecule has 4 aliphatic carbocycles. The van der Waals surface area contributed by atoms with Crippen molar-refractivity contribution in [3.8, 4) is 0 Å². The Bertz CT molecular complexity index is 737. The van der Waals surface area contributed by atoms with Crippen LogP contribution in [0.4, 0.5) is 0 Å². The number of carbonyl (C=O) groups excluding carboxylic acids is 3. The van der Waals surface area contributed by atoms with Gasteiger partial charge in [-0.1, -0.05) is 29.8 Å². The molecular weight excluding hydrogens is 436 g/mol. The molecule has 0 bridgehead atoms. The van der Waals surface area contributed by atoms with Gasteiger partial charge in [0.1, 0.15) is 12.2 Å². The monoisotopic (exact) mass is 468 g/mol. The van der Waals surface area contributed by atoms with E-state index < -0.39 is 4.32 Å². The van der Waals surface area contributed by atoms with Crippen LogP contribution < -0.4 is 0 Å². The normalized spacial score (nSPS) is 48.9. The van der Waals surface area contributed by atoms with Crippen molar-refractivity contribution in [3.05, 3.63) is 0 Å². The summed E-state index contributed by atoms with van der Waals surface area (Å²) in [5, 5.41) is 0. The standard InChI is InChI=1S/C23H33BrO5/c1-13(25)28-16-9-10-22(4)15(11-16)5-6-18-17-7-8-20(29-14(2)26)21(17,3)12-19(27)23(18,22)24/h15-18,20H,5-12H2,1-4H3/t15-,16+,17-,18+,20+,21+,22+,23-/m0/s1. The third-order valence-corrected chi connectivity index (χ3v) is 10.9. The van der Waals surface area contributed by atoms with E-state index in [2.05, 4.69) is 29.8 Å². The summed E-state index contributed by atoms with van der Waals surface area (Å²) in [7, 11) is 0. The minimum Gasteiger partial charge on any atom is -0.463 e. The predicted octanol–water partition coefficient (Wildman–Crippen LogP) is 4.59. The molecule has 29 heavy (non-hydrogen) atoms. The van der Waals surface area contributed by atoms with E-state index in [0.717, 1.165) is 44.9 Å². The van der Waals surface area contributed by atoms with E-state index in [4.69, 9.17) is 9.47 Å². The van der Waals surface area contributed by atoms with Crippen molar-refractivity contribution in [3.63, 3.8) is 0 Å². The van der Waals surface area contributed by atoms with E-state index in [-0.39, 0.29) is 46.7 Å². The van der Waals surface area contributed by atoms with Crippen molar-refractivity contribution >= 4 is 33.7 Å². The quantitative estimate of drug-likeness (QED) is 0.437. The summed E-state index contributed by atoms with van der Waals surface area (Å²) in [6, 6.07) is 0. The smallest absolute Gasteiger partial charge is 0.302 e. The van der Waals surface area contributed by atoms with Crippen LogP contribution in [0.3, 0.4) is 0 Å². The number of alkyl halides is 1. The molecule has 0 aromatic rings. The van der Waals surface area contributed by atoms with Gasteiger partial charge < -0.3 is 9.47 Å². The van der Waals surface area contributed by atoms with Gasteiger partial charge in [-0.25, -0.2) is 0 Å². The zero-order valence-electron chi connectivity index (χ0n) is 18.0. The number of halogens is 1. The van der Waals surface area contributed by atoms with Crippen LogP contribution in [-0.2, 0) is 23.9 Å². The highest BCUT2D eigenvalue weighted by atomic mass is 79.9. The lowest BCUT2D eigenvalue weighted by molar-refractivity contribution is -0.169. The first kappa shape index (κ1) is 21.3. The lowest BCUT2D eigenvalue weighted by atomic mass is 9.44. The Morgan fingerprint density at radius 1 is 0.966 bits per heavy atom. The van der Waals surface area contributed by atoms with Gasteiger partial charge in [-0.2, -0.15) is 0 Å². The number of rotatable bonds is 2. The molecule has 0 aromatic heterocycles. The van der Waals surface area contributed by atoms with Gasteiger partial charge >= 0.3 is 11.9 Å². The predicted molar refractivity (Wildman–Crippen MR) is 111 cm³/mol. The van der Waals surface area contributed by atoms with Crippen molar-refractivity contribution in [2.24, 2.45) is 28.6 Å². The summed E-state index contributed by atoms with van der Waals surface area (Å²) in [5.74, 6) is 0.828. The van der Waals surface area contributed by atoms with Crippen molar-refractivity contribution in [1.29, 1.82) is 0 Å². The lowest BCUT2D eigenvalue weighted by Crippen LogP contribution is -2.67. The Hall–Kier alpha value is -0.910. The molecule has 0 aliphatic heterocycles. The Morgan fingerprint density at radius 2 is 1.62 bits per heavy atom. The summed E-state index contributed by atoms with van der Waals surface area (Å²) in [5.41, 5.74) is -0.396. The van der Waals surface area contributed by atoms with E-state index in [9.17, 15) is 14.4 Å². The number of hydrogen-bond donors (Lipinski definition) is 0. The van der Waals surface area contributed by atoms with E-state index in [0.29, 0.717) is 18.3 Å². The first-order valence-electron chi connectivity index (χ1n) is 11.1. The minimum atomic E-state index is -0.528. The molecular formula is C23H33BrO5. The largest absolute Gasteiger partial charge is 0.463 e. The molecule has 4 fully saturated rings. The summed E-state index contributed by atoms with van der Waals surface area (Å²) < 4.78 is 10.7. The molecule has 0 saturated heterocycles. The lowest BCUT2D eigenvalue weighted by Gasteiger charge is -2.64. The highest BCUT2D eigenvalue weighted by molar-refractivity contribution is 9.10. The van der Waals surface area contributed by atoms with Gasteiger partial charge in [0.15, 0.2) is 5.78 Å². The van der Waals surface area contributed by atoms with Gasteiger partial charge in [-0.3, -0.25) is 14.4 Å². The van der Waals surface area contributed by atoms with Crippen LogP contribution in [0.5, 0.6) is 0 Å². The summed E-state index contributed by atoms with van der Waals surface area (Å²) in [6.07, 6.45) is 6.75. The van der Waals surface area contributed by atoms with E-state index >= 15 is 0 Å². The maximum absolute atomic E-state index is 13.8. The average molecular weight is 469 g/mol. The zero-order valence-corrected chi connectivity index (χ0v) is 19.5. The Morgan fingerprint density at radius 3 is 2.28 bits per heavy atom. The van der Waals surface area contributed by atoms with E-state index in [1.807, 2.05) is 0 Å². The van der Waals surface area contributed by atoms with Gasteiger partial charge in [0.05, 0.1) is 4.32 Å². The molecule has 0 amide bonds. The first-order chi connectivity index (χ1) is 13.5. The van der Waals surface area contributed by atoms with Gasteiger partial charge in [0.2, 0.25) is 0 Å². The van der Waals surface area contributed by atoms with Crippen LogP contribution in [0, 0.1) is 28.6 Å². The topological polar surface area (TPSA) is 69.7 Å². The first-order valence-corrected chi connectivity index (χ1v) is 11.9. The van der Waals surface area contributed by atoms with Crippen molar-refractivity contribution < 1.29 is 23.9 Å². The summed E-state index contributed by atoms with van der Waals surface area (Å²) in [6.45, 7) is 7.38. The molecule has 0 spiro atoms. The number of Topliss-reactive ketones (excluding diaryl/α,β-unsaturated/α-hetero) is 1. The number of fused-ring (bicyclic) bond motifs is 5. The van der Waals surface area contributed by atoms with Crippen molar-refractivity contribution in [1.82, 2.24) is 0 Å². The molecule has 4 saturated carbocycles. The highest BCUT2D eigenvalue weighted by Gasteiger charge is 2.70. The molecule has 4 aliphatic rings. The molecule has 6 heteroatoms. The number of ether oxygens (including phenoxy) is 2. The molecule has 8 atom stereocenters. The van der Waals surface area contributed by atoms with Crippen LogP contribution in [0.25, 0.3) is 0 Å². The average Bonchev–Trinajstić information content (AvgIpc) is 2.92. The van der Waals surface area contributed by atoms with Gasteiger partial charge in [0, 0.05) is 25.7 Å². The van der Waals surface area contributed by atoms with Crippen molar-refractivity contribution in [2.45, 2.75) is 95.6 Å². The third kappa shape index (κ3) is 3.02. The number of ketones is 1. The Balaban J connectivity index is 1.63. The van der Waals surface area contributed by atoms with Crippen LogP contribution in [-0.4, -0.2) is 34.3 Å². The molecule has 0 heterocycles. The molecule has 162 valence electrons. The van der Waals surface area contributed by atoms with Gasteiger partial charge in [0.25, 0.3) is 0 Å². The van der Waals surface area contributed by atoms with Crippen LogP contribution in [0.15, 0.2) is 0 Å². The van der Waals surface area contributed by atoms with Crippen LogP contribution in [0.2, 0.25) is 0 Å². The summed E-state index contributed by atoms with van der Waals surface area (Å²) >= 11 is 4.07. The minimum absolute atomic E-state index is 0.0259. The molecule has 0 N–H and O–H groups in total. The number of hydrogen-bond acceptors (Lipinski definition) is 5. The van der Waals surface area contributed by atoms with Gasteiger partial charge in [-0.05, 0) is 68.1 Å². The maximum Gasteiger partial charge on any atom is 0.302 e. The molecule has 0 radical (unpaired) electrons. The summed E-state index contributed by atoms with van der Waals surface area (Å²) in [4.78, 5) is 36.9. The molecule has 0 aromatic carbocycles. The maximum atomic E-state index is 13.8. The number of esters is 2. The van der Waals surface area contributed by atoms with Crippen LogP contribution >= 0.6 is 15.9 Å². The molecule has 0 unspecified atom stereocenters. The fourth-order valence-corrected chi connectivity index (χ4v) is 8.84. The third-order valence-electron chi connectivity index (χ3n) is 9.00. The fraction of sp³-hybridized carbons (Fsp3) is 0.870. The second-order valence-corrected chi connectivity index (χ2v) is 11.7. The Labute approximate surface area is 181 Å². The van der Waals surface area contributed by atoms with Gasteiger partial charge in [-0.15, -0.1) is 0 Å². The van der Waals surface area contributed by atoms with E-state index in [1.54, 1.807) is 0 Å². The highest BCUT2D eigenvalue weighted by Crippen LogP contribution is 2.70. The molecule has 4 rings (SSSR count). The number of carbonyl (C=O) groups is 3. The Kier molecular flexibility index (Phi) is 5.20. The SMILES string of the molecule is CC(=O)O[C@@H]1CC[C@]2(C)[C@@H](CC[C@@H]3[C@@H]4CC[C@@H](OC(C)=O)[C@]4(C)CC(=O)[C@@]32Br)C1. The van der Waals surface area contributed by atoms with E-state index in [1.165, 1.54) is 13.8 Å². The second-order valence-electron chi connectivity index (χ2n) is 10.4. The zero-order chi connectivity index (χ0) is 21.2. The van der Waals surface area contributed by atoms with Crippen LogP contribution in [0.1, 0.15) is 79.1 Å². The van der Waals surface area contributed by atoms with Crippen molar-refractivity contribution in [2.75, 3.05) is 0 Å². The second kappa shape index (κ2) is 7.06. The fourth-order valence-electron chi connectivity index (χ4n) is 7.63. The molecule has 5 nitrogen and oxygen atoms in total.